The first-order chi connectivity index (χ1) is 8.08. The van der Waals surface area contributed by atoms with E-state index < -0.39 is 0 Å². The second-order valence-corrected chi connectivity index (χ2v) is 6.43. The van der Waals surface area contributed by atoms with Crippen molar-refractivity contribution in [1.29, 1.82) is 0 Å². The van der Waals surface area contributed by atoms with E-state index >= 15 is 0 Å². The normalized spacial score (nSPS) is 34.6. The molecule has 4 unspecified atom stereocenters. The summed E-state index contributed by atoms with van der Waals surface area (Å²) in [5, 5.41) is 12.7. The number of hydrogen-bond donors (Lipinski definition) is 2. The maximum atomic E-state index is 9.46. The van der Waals surface area contributed by atoms with Crippen molar-refractivity contribution in [3.05, 3.63) is 0 Å². The molecule has 1 heterocycles. The van der Waals surface area contributed by atoms with Gasteiger partial charge in [0.25, 0.3) is 0 Å². The van der Waals surface area contributed by atoms with E-state index in [9.17, 15) is 5.11 Å². The molecular weight excluding hydrogens is 212 g/mol. The Kier molecular flexibility index (Phi) is 4.11. The number of likely N-dealkylation sites (N-methyl/N-ethyl adjacent to an activating group) is 1. The van der Waals surface area contributed by atoms with Crippen LogP contribution < -0.4 is 5.32 Å². The zero-order chi connectivity index (χ0) is 12.5. The van der Waals surface area contributed by atoms with Gasteiger partial charge >= 0.3 is 0 Å². The highest BCUT2D eigenvalue weighted by molar-refractivity contribution is 4.93. The van der Waals surface area contributed by atoms with Crippen LogP contribution in [0.15, 0.2) is 0 Å². The Morgan fingerprint density at radius 2 is 1.94 bits per heavy atom. The molecular formula is C14H28N2O. The van der Waals surface area contributed by atoms with Crippen LogP contribution in [0.2, 0.25) is 0 Å². The smallest absolute Gasteiger partial charge is 0.0611 e. The van der Waals surface area contributed by atoms with Crippen LogP contribution in [0.1, 0.15) is 39.5 Å². The maximum absolute atomic E-state index is 9.46. The van der Waals surface area contributed by atoms with E-state index in [1.807, 2.05) is 7.05 Å². The molecule has 1 aliphatic heterocycles. The van der Waals surface area contributed by atoms with Crippen molar-refractivity contribution in [1.82, 2.24) is 10.2 Å². The first-order valence-electron chi connectivity index (χ1n) is 7.12. The Hall–Kier alpha value is -0.120. The Labute approximate surface area is 106 Å². The van der Waals surface area contributed by atoms with E-state index in [0.29, 0.717) is 6.04 Å². The monoisotopic (exact) mass is 240 g/mol. The fourth-order valence-corrected chi connectivity index (χ4v) is 3.66. The van der Waals surface area contributed by atoms with Crippen molar-refractivity contribution >= 4 is 0 Å². The molecule has 1 aliphatic carbocycles. The zero-order valence-corrected chi connectivity index (χ0v) is 11.6. The quantitative estimate of drug-likeness (QED) is 0.764. The van der Waals surface area contributed by atoms with E-state index in [1.165, 1.54) is 32.4 Å². The molecule has 2 N–H and O–H groups in total. The van der Waals surface area contributed by atoms with Gasteiger partial charge in [-0.05, 0) is 52.0 Å². The number of nitrogens with zero attached hydrogens (tertiary/aromatic N) is 1. The van der Waals surface area contributed by atoms with Gasteiger partial charge in [0.2, 0.25) is 0 Å². The first-order valence-corrected chi connectivity index (χ1v) is 7.12. The summed E-state index contributed by atoms with van der Waals surface area (Å²) in [5.41, 5.74) is -0.128. The van der Waals surface area contributed by atoms with Crippen molar-refractivity contribution in [2.24, 2.45) is 11.8 Å². The number of hydrogen-bond acceptors (Lipinski definition) is 3. The summed E-state index contributed by atoms with van der Waals surface area (Å²) in [5.74, 6) is 1.93. The maximum Gasteiger partial charge on any atom is 0.0611 e. The van der Waals surface area contributed by atoms with E-state index in [1.54, 1.807) is 0 Å². The van der Waals surface area contributed by atoms with Crippen molar-refractivity contribution in [2.75, 3.05) is 26.7 Å². The SMILES string of the molecule is CNC(C)(CO)CC(C)N1CC2CCCC2C1. The fourth-order valence-electron chi connectivity index (χ4n) is 3.66. The molecule has 3 nitrogen and oxygen atoms in total. The summed E-state index contributed by atoms with van der Waals surface area (Å²) in [4.78, 5) is 2.64. The third kappa shape index (κ3) is 2.83. The number of aliphatic hydroxyl groups is 1. The molecule has 2 fully saturated rings. The average molecular weight is 240 g/mol. The minimum atomic E-state index is -0.128. The molecule has 1 saturated heterocycles. The molecule has 2 rings (SSSR count). The third-order valence-electron chi connectivity index (χ3n) is 5.08. The van der Waals surface area contributed by atoms with E-state index in [2.05, 4.69) is 24.1 Å². The molecule has 100 valence electrons. The molecule has 2 aliphatic rings. The van der Waals surface area contributed by atoms with E-state index in [4.69, 9.17) is 0 Å². The van der Waals surface area contributed by atoms with Crippen LogP contribution in [0.4, 0.5) is 0 Å². The predicted molar refractivity (Wildman–Crippen MR) is 71.0 cm³/mol. The number of rotatable bonds is 5. The van der Waals surface area contributed by atoms with Crippen molar-refractivity contribution < 1.29 is 5.11 Å². The standard InChI is InChI=1S/C14H28N2O/c1-11(7-14(2,10-17)15-3)16-8-12-5-4-6-13(12)9-16/h11-13,15,17H,4-10H2,1-3H3. The van der Waals surface area contributed by atoms with Crippen molar-refractivity contribution in [3.8, 4) is 0 Å². The van der Waals surface area contributed by atoms with Gasteiger partial charge in [0.15, 0.2) is 0 Å². The minimum Gasteiger partial charge on any atom is -0.394 e. The fraction of sp³-hybridized carbons (Fsp3) is 1.00. The number of aliphatic hydroxyl groups excluding tert-OH is 1. The van der Waals surface area contributed by atoms with Gasteiger partial charge in [0.1, 0.15) is 0 Å². The lowest BCUT2D eigenvalue weighted by atomic mass is 9.94. The molecule has 3 heteroatoms. The highest BCUT2D eigenvalue weighted by Gasteiger charge is 2.38. The molecule has 0 amide bonds. The molecule has 0 radical (unpaired) electrons. The lowest BCUT2D eigenvalue weighted by Crippen LogP contribution is -2.48. The first kappa shape index (κ1) is 13.3. The lowest BCUT2D eigenvalue weighted by Gasteiger charge is -2.34. The zero-order valence-electron chi connectivity index (χ0n) is 11.6. The van der Waals surface area contributed by atoms with Crippen LogP contribution in [0.3, 0.4) is 0 Å². The number of nitrogens with one attached hydrogen (secondary N) is 1. The van der Waals surface area contributed by atoms with Gasteiger partial charge in [0, 0.05) is 24.7 Å². The summed E-state index contributed by atoms with van der Waals surface area (Å²) in [7, 11) is 1.95. The molecule has 0 aromatic rings. The van der Waals surface area contributed by atoms with Gasteiger partial charge in [-0.2, -0.15) is 0 Å². The van der Waals surface area contributed by atoms with Crippen LogP contribution in [-0.2, 0) is 0 Å². The molecule has 1 saturated carbocycles. The Balaban J connectivity index is 1.86. The van der Waals surface area contributed by atoms with E-state index in [0.717, 1.165) is 18.3 Å². The molecule has 0 aromatic heterocycles. The van der Waals surface area contributed by atoms with Gasteiger partial charge in [-0.25, -0.2) is 0 Å². The summed E-state index contributed by atoms with van der Waals surface area (Å²) >= 11 is 0. The van der Waals surface area contributed by atoms with Crippen LogP contribution in [-0.4, -0.2) is 48.3 Å². The molecule has 4 atom stereocenters. The van der Waals surface area contributed by atoms with Gasteiger partial charge in [-0.15, -0.1) is 0 Å². The van der Waals surface area contributed by atoms with Gasteiger partial charge in [-0.1, -0.05) is 6.42 Å². The molecule has 17 heavy (non-hydrogen) atoms. The Bertz CT molecular complexity index is 241. The van der Waals surface area contributed by atoms with Gasteiger partial charge < -0.3 is 15.3 Å². The van der Waals surface area contributed by atoms with Crippen molar-refractivity contribution in [3.63, 3.8) is 0 Å². The minimum absolute atomic E-state index is 0.128. The van der Waals surface area contributed by atoms with Gasteiger partial charge in [0.05, 0.1) is 6.61 Å². The van der Waals surface area contributed by atoms with Crippen LogP contribution >= 0.6 is 0 Å². The highest BCUT2D eigenvalue weighted by atomic mass is 16.3. The largest absolute Gasteiger partial charge is 0.394 e. The van der Waals surface area contributed by atoms with Gasteiger partial charge in [-0.3, -0.25) is 0 Å². The summed E-state index contributed by atoms with van der Waals surface area (Å²) < 4.78 is 0. The predicted octanol–water partition coefficient (Wildman–Crippen LogP) is 1.47. The number of fused-ring (bicyclic) bond motifs is 1. The van der Waals surface area contributed by atoms with Crippen LogP contribution in [0.5, 0.6) is 0 Å². The molecule has 0 aromatic carbocycles. The molecule has 0 spiro atoms. The molecule has 0 bridgehead atoms. The summed E-state index contributed by atoms with van der Waals surface area (Å²) in [6.45, 7) is 7.22. The third-order valence-corrected chi connectivity index (χ3v) is 5.08. The second kappa shape index (κ2) is 5.25. The van der Waals surface area contributed by atoms with Crippen LogP contribution in [0, 0.1) is 11.8 Å². The lowest BCUT2D eigenvalue weighted by molar-refractivity contribution is 0.128. The summed E-state index contributed by atoms with van der Waals surface area (Å²) in [6, 6.07) is 0.574. The second-order valence-electron chi connectivity index (χ2n) is 6.43. The number of likely N-dealkylation sites (tertiary alicyclic amines) is 1. The highest BCUT2D eigenvalue weighted by Crippen LogP contribution is 2.39. The Morgan fingerprint density at radius 1 is 1.35 bits per heavy atom. The topological polar surface area (TPSA) is 35.5 Å². The average Bonchev–Trinajstić information content (AvgIpc) is 2.88. The Morgan fingerprint density at radius 3 is 2.41 bits per heavy atom. The van der Waals surface area contributed by atoms with Crippen LogP contribution in [0.25, 0.3) is 0 Å². The van der Waals surface area contributed by atoms with Crippen molar-refractivity contribution in [2.45, 2.75) is 51.1 Å². The van der Waals surface area contributed by atoms with E-state index in [-0.39, 0.29) is 12.1 Å². The summed E-state index contributed by atoms with van der Waals surface area (Å²) in [6.07, 6.45) is 5.36.